The maximum atomic E-state index is 9.26. The average molecular weight is 284 g/mol. The van der Waals surface area contributed by atoms with Gasteiger partial charge in [0.25, 0.3) is 0 Å². The van der Waals surface area contributed by atoms with E-state index in [1.54, 1.807) is 18.3 Å². The van der Waals surface area contributed by atoms with Crippen LogP contribution in [0, 0.1) is 0 Å². The zero-order chi connectivity index (χ0) is 14.9. The highest BCUT2D eigenvalue weighted by molar-refractivity contribution is 5.79. The maximum Gasteiger partial charge on any atom is 0.191 e. The lowest BCUT2D eigenvalue weighted by atomic mass is 10.2. The van der Waals surface area contributed by atoms with Crippen molar-refractivity contribution in [3.05, 3.63) is 59.9 Å². The number of nitrogens with one attached hydrogen (secondary N) is 2. The standard InChI is InChI=1S/C16H20N4O/c1-2-17-16(20-12-14-5-3-4-10-18-14)19-11-13-6-8-15(21)9-7-13/h3-10,21H,2,11-12H2,1H3,(H2,17,19,20). The molecule has 0 saturated carbocycles. The Bertz CT molecular complexity index is 567. The van der Waals surface area contributed by atoms with E-state index < -0.39 is 0 Å². The summed E-state index contributed by atoms with van der Waals surface area (Å²) in [6, 6.07) is 12.9. The van der Waals surface area contributed by atoms with Crippen molar-refractivity contribution >= 4 is 5.96 Å². The zero-order valence-corrected chi connectivity index (χ0v) is 12.1. The van der Waals surface area contributed by atoms with Crippen LogP contribution in [0.4, 0.5) is 0 Å². The molecule has 0 aliphatic rings. The fraction of sp³-hybridized carbons (Fsp3) is 0.250. The van der Waals surface area contributed by atoms with Crippen LogP contribution < -0.4 is 10.6 Å². The van der Waals surface area contributed by atoms with Gasteiger partial charge in [0.05, 0.1) is 18.8 Å². The number of aliphatic imine (C=N–C) groups is 1. The molecule has 0 atom stereocenters. The first-order valence-electron chi connectivity index (χ1n) is 6.98. The number of phenols is 1. The van der Waals surface area contributed by atoms with Crippen molar-refractivity contribution < 1.29 is 5.11 Å². The highest BCUT2D eigenvalue weighted by Crippen LogP contribution is 2.10. The molecule has 110 valence electrons. The Morgan fingerprint density at radius 1 is 1.14 bits per heavy atom. The molecule has 0 amide bonds. The van der Waals surface area contributed by atoms with Gasteiger partial charge in [0.2, 0.25) is 0 Å². The third-order valence-corrected chi connectivity index (χ3v) is 2.86. The first-order valence-corrected chi connectivity index (χ1v) is 6.98. The highest BCUT2D eigenvalue weighted by atomic mass is 16.3. The van der Waals surface area contributed by atoms with Crippen molar-refractivity contribution in [1.29, 1.82) is 0 Å². The summed E-state index contributed by atoms with van der Waals surface area (Å²) in [6.45, 7) is 4.00. The van der Waals surface area contributed by atoms with Gasteiger partial charge in [0.1, 0.15) is 5.75 Å². The van der Waals surface area contributed by atoms with Crippen molar-refractivity contribution in [1.82, 2.24) is 15.6 Å². The van der Waals surface area contributed by atoms with Gasteiger partial charge in [0.15, 0.2) is 5.96 Å². The largest absolute Gasteiger partial charge is 0.508 e. The van der Waals surface area contributed by atoms with Gasteiger partial charge in [0, 0.05) is 12.7 Å². The van der Waals surface area contributed by atoms with Crippen molar-refractivity contribution in [2.45, 2.75) is 20.0 Å². The first-order chi connectivity index (χ1) is 10.3. The topological polar surface area (TPSA) is 69.5 Å². The smallest absolute Gasteiger partial charge is 0.191 e. The summed E-state index contributed by atoms with van der Waals surface area (Å²) >= 11 is 0. The van der Waals surface area contributed by atoms with E-state index in [9.17, 15) is 5.11 Å². The third-order valence-electron chi connectivity index (χ3n) is 2.86. The number of pyridine rings is 1. The fourth-order valence-electron chi connectivity index (χ4n) is 1.79. The van der Waals surface area contributed by atoms with Gasteiger partial charge in [-0.15, -0.1) is 0 Å². The van der Waals surface area contributed by atoms with Gasteiger partial charge in [-0.05, 0) is 36.8 Å². The number of benzene rings is 1. The Balaban J connectivity index is 1.94. The van der Waals surface area contributed by atoms with Crippen LogP contribution in [0.5, 0.6) is 5.75 Å². The second-order valence-electron chi connectivity index (χ2n) is 4.54. The van der Waals surface area contributed by atoms with Crippen molar-refractivity contribution in [3.8, 4) is 5.75 Å². The van der Waals surface area contributed by atoms with Crippen LogP contribution in [0.1, 0.15) is 18.2 Å². The van der Waals surface area contributed by atoms with Gasteiger partial charge in [-0.2, -0.15) is 0 Å². The molecule has 5 nitrogen and oxygen atoms in total. The number of guanidine groups is 1. The summed E-state index contributed by atoms with van der Waals surface area (Å²) in [5.41, 5.74) is 2.01. The fourth-order valence-corrected chi connectivity index (χ4v) is 1.79. The summed E-state index contributed by atoms with van der Waals surface area (Å²) in [6.07, 6.45) is 1.78. The van der Waals surface area contributed by atoms with Gasteiger partial charge in [-0.25, -0.2) is 4.99 Å². The molecule has 0 fully saturated rings. The van der Waals surface area contributed by atoms with E-state index in [0.29, 0.717) is 13.1 Å². The predicted octanol–water partition coefficient (Wildman–Crippen LogP) is 2.04. The van der Waals surface area contributed by atoms with E-state index >= 15 is 0 Å². The monoisotopic (exact) mass is 284 g/mol. The SMILES string of the molecule is CCNC(=NCc1ccc(O)cc1)NCc1ccccn1. The third kappa shape index (κ3) is 5.14. The summed E-state index contributed by atoms with van der Waals surface area (Å²) in [5.74, 6) is 1.01. The van der Waals surface area contributed by atoms with Crippen LogP contribution in [-0.2, 0) is 13.1 Å². The van der Waals surface area contributed by atoms with Crippen LogP contribution in [0.25, 0.3) is 0 Å². The lowest BCUT2D eigenvalue weighted by Gasteiger charge is -2.11. The molecule has 0 aliphatic heterocycles. The molecule has 0 saturated heterocycles. The second kappa shape index (κ2) is 7.89. The van der Waals surface area contributed by atoms with Crippen molar-refractivity contribution in [2.24, 2.45) is 4.99 Å². The van der Waals surface area contributed by atoms with E-state index in [-0.39, 0.29) is 5.75 Å². The lowest BCUT2D eigenvalue weighted by Crippen LogP contribution is -2.36. The maximum absolute atomic E-state index is 9.26. The molecular weight excluding hydrogens is 264 g/mol. The summed E-state index contributed by atoms with van der Waals surface area (Å²) in [7, 11) is 0. The molecule has 2 rings (SSSR count). The van der Waals surface area contributed by atoms with Crippen molar-refractivity contribution in [2.75, 3.05) is 6.54 Å². The first kappa shape index (κ1) is 14.8. The number of hydrogen-bond donors (Lipinski definition) is 3. The van der Waals surface area contributed by atoms with Crippen LogP contribution in [0.3, 0.4) is 0 Å². The minimum atomic E-state index is 0.267. The van der Waals surface area contributed by atoms with Crippen LogP contribution in [-0.4, -0.2) is 22.6 Å². The molecule has 1 heterocycles. The Morgan fingerprint density at radius 3 is 2.62 bits per heavy atom. The van der Waals surface area contributed by atoms with Crippen molar-refractivity contribution in [3.63, 3.8) is 0 Å². The number of rotatable bonds is 5. The Hall–Kier alpha value is -2.56. The molecule has 3 N–H and O–H groups in total. The minimum absolute atomic E-state index is 0.267. The molecule has 0 aliphatic carbocycles. The Kier molecular flexibility index (Phi) is 5.58. The molecule has 2 aromatic rings. The van der Waals surface area contributed by atoms with E-state index in [1.165, 1.54) is 0 Å². The van der Waals surface area contributed by atoms with Gasteiger partial charge >= 0.3 is 0 Å². The average Bonchev–Trinajstić information content (AvgIpc) is 2.52. The molecule has 5 heteroatoms. The molecule has 1 aromatic heterocycles. The number of hydrogen-bond acceptors (Lipinski definition) is 3. The Labute approximate surface area is 124 Å². The molecule has 0 radical (unpaired) electrons. The summed E-state index contributed by atoms with van der Waals surface area (Å²) in [5, 5.41) is 15.7. The molecule has 21 heavy (non-hydrogen) atoms. The highest BCUT2D eigenvalue weighted by Gasteiger charge is 1.99. The lowest BCUT2D eigenvalue weighted by molar-refractivity contribution is 0.475. The molecular formula is C16H20N4O. The van der Waals surface area contributed by atoms with E-state index in [1.807, 2.05) is 37.3 Å². The van der Waals surface area contributed by atoms with Crippen LogP contribution in [0.2, 0.25) is 0 Å². The van der Waals surface area contributed by atoms with Gasteiger partial charge in [-0.3, -0.25) is 4.98 Å². The normalized spacial score (nSPS) is 11.2. The molecule has 0 unspecified atom stereocenters. The van der Waals surface area contributed by atoms with Gasteiger partial charge < -0.3 is 15.7 Å². The molecule has 0 bridgehead atoms. The summed E-state index contributed by atoms with van der Waals surface area (Å²) < 4.78 is 0. The van der Waals surface area contributed by atoms with E-state index in [4.69, 9.17) is 0 Å². The number of aromatic hydroxyl groups is 1. The zero-order valence-electron chi connectivity index (χ0n) is 12.1. The number of phenolic OH excluding ortho intramolecular Hbond substituents is 1. The van der Waals surface area contributed by atoms with Crippen LogP contribution >= 0.6 is 0 Å². The predicted molar refractivity (Wildman–Crippen MR) is 84.0 cm³/mol. The minimum Gasteiger partial charge on any atom is -0.508 e. The second-order valence-corrected chi connectivity index (χ2v) is 4.54. The Morgan fingerprint density at radius 2 is 1.95 bits per heavy atom. The van der Waals surface area contributed by atoms with E-state index in [0.717, 1.165) is 23.8 Å². The molecule has 1 aromatic carbocycles. The van der Waals surface area contributed by atoms with E-state index in [2.05, 4.69) is 20.6 Å². The van der Waals surface area contributed by atoms with Gasteiger partial charge in [-0.1, -0.05) is 18.2 Å². The number of aromatic nitrogens is 1. The molecule has 0 spiro atoms. The van der Waals surface area contributed by atoms with Crippen LogP contribution in [0.15, 0.2) is 53.7 Å². The number of nitrogens with zero attached hydrogens (tertiary/aromatic N) is 2. The summed E-state index contributed by atoms with van der Waals surface area (Å²) in [4.78, 5) is 8.78. The quantitative estimate of drug-likeness (QED) is 0.580.